The van der Waals surface area contributed by atoms with E-state index in [0.717, 1.165) is 29.0 Å². The second-order valence-corrected chi connectivity index (χ2v) is 6.38. The van der Waals surface area contributed by atoms with Gasteiger partial charge >= 0.3 is 0 Å². The van der Waals surface area contributed by atoms with Gasteiger partial charge in [0.05, 0.1) is 13.2 Å². The van der Waals surface area contributed by atoms with Gasteiger partial charge in [-0.05, 0) is 39.6 Å². The number of hydrogen-bond donors (Lipinski definition) is 2. The summed E-state index contributed by atoms with van der Waals surface area (Å²) in [5.41, 5.74) is 4.38. The van der Waals surface area contributed by atoms with Crippen molar-refractivity contribution in [3.63, 3.8) is 0 Å². The first-order valence-electron chi connectivity index (χ1n) is 7.91. The highest BCUT2D eigenvalue weighted by atomic mass is 32.1. The number of para-hydroxylation sites is 1. The van der Waals surface area contributed by atoms with Crippen molar-refractivity contribution >= 4 is 11.3 Å². The number of aliphatic hydroxyl groups is 1. The lowest BCUT2D eigenvalue weighted by Gasteiger charge is -2.11. The van der Waals surface area contributed by atoms with Gasteiger partial charge < -0.3 is 15.2 Å². The van der Waals surface area contributed by atoms with Crippen molar-refractivity contribution in [1.82, 2.24) is 5.32 Å². The summed E-state index contributed by atoms with van der Waals surface area (Å²) in [5.74, 6) is 0.877. The van der Waals surface area contributed by atoms with E-state index in [0.29, 0.717) is 6.54 Å². The summed E-state index contributed by atoms with van der Waals surface area (Å²) in [6, 6.07) is 18.4. The van der Waals surface area contributed by atoms with Gasteiger partial charge in [-0.2, -0.15) is 11.3 Å². The third kappa shape index (κ3) is 4.03. The maximum absolute atomic E-state index is 10.1. The summed E-state index contributed by atoms with van der Waals surface area (Å²) in [5, 5.41) is 17.3. The van der Waals surface area contributed by atoms with E-state index in [1.54, 1.807) is 18.4 Å². The Morgan fingerprint density at radius 1 is 1.08 bits per heavy atom. The zero-order chi connectivity index (χ0) is 16.8. The minimum atomic E-state index is -0.455. The Hall–Kier alpha value is -2.14. The molecule has 3 nitrogen and oxygen atoms in total. The van der Waals surface area contributed by atoms with Crippen molar-refractivity contribution in [2.45, 2.75) is 12.6 Å². The molecule has 0 bridgehead atoms. The Bertz CT molecular complexity index is 754. The highest BCUT2D eigenvalue weighted by molar-refractivity contribution is 7.07. The second-order valence-electron chi connectivity index (χ2n) is 5.60. The largest absolute Gasteiger partial charge is 0.496 e. The Morgan fingerprint density at radius 3 is 2.58 bits per heavy atom. The molecule has 1 unspecified atom stereocenters. The molecule has 2 aromatic carbocycles. The Kier molecular flexibility index (Phi) is 5.64. The summed E-state index contributed by atoms with van der Waals surface area (Å²) in [6.07, 6.45) is -0.455. The summed E-state index contributed by atoms with van der Waals surface area (Å²) < 4.78 is 5.42. The number of nitrogens with one attached hydrogen (secondary N) is 1. The Balaban J connectivity index is 1.59. The number of methoxy groups -OCH3 is 1. The van der Waals surface area contributed by atoms with Crippen LogP contribution >= 0.6 is 11.3 Å². The first-order valence-corrected chi connectivity index (χ1v) is 8.85. The van der Waals surface area contributed by atoms with Gasteiger partial charge in [-0.3, -0.25) is 0 Å². The van der Waals surface area contributed by atoms with Gasteiger partial charge in [0.25, 0.3) is 0 Å². The topological polar surface area (TPSA) is 41.5 Å². The molecule has 0 radical (unpaired) electrons. The van der Waals surface area contributed by atoms with E-state index in [9.17, 15) is 5.11 Å². The molecule has 0 spiro atoms. The maximum Gasteiger partial charge on any atom is 0.126 e. The predicted molar refractivity (Wildman–Crippen MR) is 99.4 cm³/mol. The first kappa shape index (κ1) is 16.7. The fraction of sp³-hybridized carbons (Fsp3) is 0.200. The van der Waals surface area contributed by atoms with Crippen LogP contribution in [0.1, 0.15) is 17.2 Å². The fourth-order valence-electron chi connectivity index (χ4n) is 2.62. The number of thiophene rings is 1. The minimum Gasteiger partial charge on any atom is -0.496 e. The van der Waals surface area contributed by atoms with Crippen LogP contribution in [-0.2, 0) is 6.54 Å². The van der Waals surface area contributed by atoms with Gasteiger partial charge in [-0.1, -0.05) is 42.5 Å². The molecule has 0 amide bonds. The van der Waals surface area contributed by atoms with E-state index in [4.69, 9.17) is 4.74 Å². The summed E-state index contributed by atoms with van der Waals surface area (Å²) >= 11 is 1.60. The maximum atomic E-state index is 10.1. The van der Waals surface area contributed by atoms with Crippen LogP contribution in [0.4, 0.5) is 0 Å². The van der Waals surface area contributed by atoms with Crippen LogP contribution in [0.5, 0.6) is 5.75 Å². The normalized spacial score (nSPS) is 12.1. The van der Waals surface area contributed by atoms with Crippen molar-refractivity contribution in [2.24, 2.45) is 0 Å². The molecular weight excluding hydrogens is 318 g/mol. The van der Waals surface area contributed by atoms with E-state index in [1.807, 2.05) is 35.0 Å². The SMILES string of the molecule is COc1ccccc1-c1ccc(CNCC(O)c2ccsc2)cc1. The smallest absolute Gasteiger partial charge is 0.126 e. The second kappa shape index (κ2) is 8.11. The van der Waals surface area contributed by atoms with E-state index in [2.05, 4.69) is 35.6 Å². The summed E-state index contributed by atoms with van der Waals surface area (Å²) in [6.45, 7) is 1.28. The van der Waals surface area contributed by atoms with Crippen molar-refractivity contribution in [3.05, 3.63) is 76.5 Å². The number of benzene rings is 2. The van der Waals surface area contributed by atoms with Crippen LogP contribution in [0.2, 0.25) is 0 Å². The van der Waals surface area contributed by atoms with Crippen molar-refractivity contribution in [3.8, 4) is 16.9 Å². The fourth-order valence-corrected chi connectivity index (χ4v) is 3.33. The molecule has 0 saturated carbocycles. The Morgan fingerprint density at radius 2 is 1.88 bits per heavy atom. The van der Waals surface area contributed by atoms with Gasteiger partial charge in [0.15, 0.2) is 0 Å². The minimum absolute atomic E-state index is 0.455. The van der Waals surface area contributed by atoms with Gasteiger partial charge in [-0.25, -0.2) is 0 Å². The van der Waals surface area contributed by atoms with Crippen LogP contribution in [0.15, 0.2) is 65.4 Å². The number of rotatable bonds is 7. The summed E-state index contributed by atoms with van der Waals surface area (Å²) in [7, 11) is 1.69. The molecule has 124 valence electrons. The molecule has 3 rings (SSSR count). The van der Waals surface area contributed by atoms with Crippen LogP contribution in [0, 0.1) is 0 Å². The monoisotopic (exact) mass is 339 g/mol. The molecule has 2 N–H and O–H groups in total. The standard InChI is InChI=1S/C20H21NO2S/c1-23-20-5-3-2-4-18(20)16-8-6-15(7-9-16)12-21-13-19(22)17-10-11-24-14-17/h2-11,14,19,21-22H,12-13H2,1H3. The average Bonchev–Trinajstić information content (AvgIpc) is 3.17. The third-order valence-corrected chi connectivity index (χ3v) is 4.67. The number of aliphatic hydroxyl groups excluding tert-OH is 1. The molecular formula is C20H21NO2S. The quantitative estimate of drug-likeness (QED) is 0.676. The molecule has 1 aromatic heterocycles. The number of hydrogen-bond acceptors (Lipinski definition) is 4. The molecule has 1 atom stereocenters. The zero-order valence-electron chi connectivity index (χ0n) is 13.6. The van der Waals surface area contributed by atoms with E-state index in [1.165, 1.54) is 5.56 Å². The van der Waals surface area contributed by atoms with Gasteiger partial charge in [-0.15, -0.1) is 0 Å². The third-order valence-electron chi connectivity index (χ3n) is 3.97. The molecule has 0 aliphatic carbocycles. The molecule has 0 aliphatic rings. The van der Waals surface area contributed by atoms with Crippen LogP contribution in [0.3, 0.4) is 0 Å². The highest BCUT2D eigenvalue weighted by Crippen LogP contribution is 2.29. The van der Waals surface area contributed by atoms with Crippen molar-refractivity contribution in [2.75, 3.05) is 13.7 Å². The lowest BCUT2D eigenvalue weighted by atomic mass is 10.0. The predicted octanol–water partition coefficient (Wildman–Crippen LogP) is 4.25. The Labute approximate surface area is 146 Å². The lowest BCUT2D eigenvalue weighted by Crippen LogP contribution is -2.20. The van der Waals surface area contributed by atoms with Crippen molar-refractivity contribution in [1.29, 1.82) is 0 Å². The van der Waals surface area contributed by atoms with Gasteiger partial charge in [0, 0.05) is 18.7 Å². The van der Waals surface area contributed by atoms with Gasteiger partial charge in [0.2, 0.25) is 0 Å². The first-order chi connectivity index (χ1) is 11.8. The molecule has 1 heterocycles. The van der Waals surface area contributed by atoms with E-state index < -0.39 is 6.10 Å². The number of ether oxygens (including phenoxy) is 1. The van der Waals surface area contributed by atoms with Crippen LogP contribution < -0.4 is 10.1 Å². The van der Waals surface area contributed by atoms with Crippen LogP contribution in [-0.4, -0.2) is 18.8 Å². The molecule has 24 heavy (non-hydrogen) atoms. The molecule has 3 aromatic rings. The van der Waals surface area contributed by atoms with E-state index in [-0.39, 0.29) is 0 Å². The molecule has 0 saturated heterocycles. The summed E-state index contributed by atoms with van der Waals surface area (Å²) in [4.78, 5) is 0. The average molecular weight is 339 g/mol. The van der Waals surface area contributed by atoms with Crippen molar-refractivity contribution < 1.29 is 9.84 Å². The van der Waals surface area contributed by atoms with E-state index >= 15 is 0 Å². The molecule has 0 fully saturated rings. The molecule has 4 heteroatoms. The zero-order valence-corrected chi connectivity index (χ0v) is 14.4. The van der Waals surface area contributed by atoms with Crippen LogP contribution in [0.25, 0.3) is 11.1 Å². The molecule has 0 aliphatic heterocycles. The highest BCUT2D eigenvalue weighted by Gasteiger charge is 2.07. The van der Waals surface area contributed by atoms with Gasteiger partial charge in [0.1, 0.15) is 5.75 Å². The lowest BCUT2D eigenvalue weighted by molar-refractivity contribution is 0.175.